The summed E-state index contributed by atoms with van der Waals surface area (Å²) in [4.78, 5) is 13.8. The Balaban J connectivity index is 1.46. The smallest absolute Gasteiger partial charge is 0.143 e. The fraction of sp³-hybridized carbons (Fsp3) is 0.280. The number of nitrogens with one attached hydrogen (secondary N) is 1. The quantitative estimate of drug-likeness (QED) is 0.355. The fourth-order valence-electron chi connectivity index (χ4n) is 4.26. The molecule has 2 aromatic heterocycles. The molecule has 1 fully saturated rings. The molecule has 6 heteroatoms. The van der Waals surface area contributed by atoms with Crippen LogP contribution in [0.25, 0.3) is 21.3 Å². The molecule has 31 heavy (non-hydrogen) atoms. The van der Waals surface area contributed by atoms with Gasteiger partial charge in [-0.1, -0.05) is 30.7 Å². The summed E-state index contributed by atoms with van der Waals surface area (Å²) in [5.41, 5.74) is 4.61. The van der Waals surface area contributed by atoms with E-state index in [2.05, 4.69) is 70.4 Å². The molecule has 158 valence electrons. The van der Waals surface area contributed by atoms with Crippen molar-refractivity contribution in [3.05, 3.63) is 64.8 Å². The molecule has 3 heterocycles. The molecule has 4 nitrogen and oxygen atoms in total. The zero-order chi connectivity index (χ0) is 21.4. The maximum absolute atomic E-state index is 6.11. The standard InChI is InChI=1S/C25H25ClN4S/c1-16-11-13-30(14-12-16)21-9-7-20(8-10-21)29-24-23-22(18-3-5-19(26)6-4-18)17(2)31-25(23)28-15-27-24/h3-10,15-16H,11-14H2,1-2H3,(H,27,28,29). The third-order valence-electron chi connectivity index (χ3n) is 6.08. The number of halogens is 1. The number of hydrogen-bond donors (Lipinski definition) is 1. The van der Waals surface area contributed by atoms with Gasteiger partial charge in [0.2, 0.25) is 0 Å². The van der Waals surface area contributed by atoms with E-state index in [0.29, 0.717) is 0 Å². The van der Waals surface area contributed by atoms with Crippen molar-refractivity contribution >= 4 is 50.3 Å². The van der Waals surface area contributed by atoms with Gasteiger partial charge in [-0.25, -0.2) is 9.97 Å². The number of nitrogens with zero attached hydrogens (tertiary/aromatic N) is 3. The molecule has 0 spiro atoms. The normalized spacial score (nSPS) is 14.9. The Hall–Kier alpha value is -2.63. The third-order valence-corrected chi connectivity index (χ3v) is 7.34. The van der Waals surface area contributed by atoms with Gasteiger partial charge in [0.1, 0.15) is 17.0 Å². The molecule has 0 aliphatic carbocycles. The highest BCUT2D eigenvalue weighted by atomic mass is 35.5. The summed E-state index contributed by atoms with van der Waals surface area (Å²) >= 11 is 7.80. The number of aryl methyl sites for hydroxylation is 1. The summed E-state index contributed by atoms with van der Waals surface area (Å²) in [5.74, 6) is 1.67. The van der Waals surface area contributed by atoms with Crippen molar-refractivity contribution in [2.75, 3.05) is 23.3 Å². The number of piperidine rings is 1. The molecule has 1 N–H and O–H groups in total. The van der Waals surface area contributed by atoms with Gasteiger partial charge in [0.05, 0.1) is 5.39 Å². The second kappa shape index (κ2) is 8.48. The van der Waals surface area contributed by atoms with Crippen LogP contribution >= 0.6 is 22.9 Å². The van der Waals surface area contributed by atoms with E-state index in [9.17, 15) is 0 Å². The van der Waals surface area contributed by atoms with Gasteiger partial charge in [0.15, 0.2) is 0 Å². The molecule has 1 aliphatic rings. The maximum atomic E-state index is 6.11. The van der Waals surface area contributed by atoms with E-state index in [4.69, 9.17) is 11.6 Å². The Bertz CT molecular complexity index is 1190. The van der Waals surface area contributed by atoms with Crippen LogP contribution in [0.4, 0.5) is 17.2 Å². The van der Waals surface area contributed by atoms with E-state index in [0.717, 1.165) is 51.3 Å². The van der Waals surface area contributed by atoms with Crippen LogP contribution in [0.5, 0.6) is 0 Å². The van der Waals surface area contributed by atoms with Crippen molar-refractivity contribution in [1.29, 1.82) is 0 Å². The first kappa shape index (κ1) is 20.3. The third kappa shape index (κ3) is 4.12. The van der Waals surface area contributed by atoms with Crippen LogP contribution in [0.2, 0.25) is 5.02 Å². The van der Waals surface area contributed by atoms with Crippen LogP contribution in [0, 0.1) is 12.8 Å². The predicted molar refractivity (Wildman–Crippen MR) is 133 cm³/mol. The van der Waals surface area contributed by atoms with Gasteiger partial charge < -0.3 is 10.2 Å². The number of thiophene rings is 1. The van der Waals surface area contributed by atoms with Gasteiger partial charge in [0.25, 0.3) is 0 Å². The highest BCUT2D eigenvalue weighted by molar-refractivity contribution is 7.19. The lowest BCUT2D eigenvalue weighted by molar-refractivity contribution is 0.438. The average Bonchev–Trinajstić information content (AvgIpc) is 3.12. The summed E-state index contributed by atoms with van der Waals surface area (Å²) in [5, 5.41) is 5.32. The lowest BCUT2D eigenvalue weighted by atomic mass is 9.99. The predicted octanol–water partition coefficient (Wildman–Crippen LogP) is 7.30. The van der Waals surface area contributed by atoms with Gasteiger partial charge in [-0.2, -0.15) is 0 Å². The molecule has 0 amide bonds. The Labute approximate surface area is 191 Å². The van der Waals surface area contributed by atoms with Crippen molar-refractivity contribution in [3.63, 3.8) is 0 Å². The van der Waals surface area contributed by atoms with E-state index in [1.807, 2.05) is 12.1 Å². The lowest BCUT2D eigenvalue weighted by Crippen LogP contribution is -2.32. The van der Waals surface area contributed by atoms with Gasteiger partial charge in [-0.3, -0.25) is 0 Å². The number of aromatic nitrogens is 2. The lowest BCUT2D eigenvalue weighted by Gasteiger charge is -2.32. The first-order valence-electron chi connectivity index (χ1n) is 10.7. The summed E-state index contributed by atoms with van der Waals surface area (Å²) in [7, 11) is 0. The summed E-state index contributed by atoms with van der Waals surface area (Å²) in [6.07, 6.45) is 4.17. The number of hydrogen-bond acceptors (Lipinski definition) is 5. The topological polar surface area (TPSA) is 41.1 Å². The van der Waals surface area contributed by atoms with E-state index in [1.54, 1.807) is 17.7 Å². The molecule has 0 bridgehead atoms. The zero-order valence-electron chi connectivity index (χ0n) is 17.7. The molecule has 4 aromatic rings. The van der Waals surface area contributed by atoms with Crippen molar-refractivity contribution in [2.45, 2.75) is 26.7 Å². The first-order chi connectivity index (χ1) is 15.1. The molecule has 5 rings (SSSR count). The SMILES string of the molecule is Cc1sc2ncnc(Nc3ccc(N4CCC(C)CC4)cc3)c2c1-c1ccc(Cl)cc1. The Morgan fingerprint density at radius 3 is 2.42 bits per heavy atom. The molecule has 0 saturated carbocycles. The highest BCUT2D eigenvalue weighted by Crippen LogP contribution is 2.41. The first-order valence-corrected chi connectivity index (χ1v) is 11.9. The zero-order valence-corrected chi connectivity index (χ0v) is 19.3. The van der Waals surface area contributed by atoms with Crippen LogP contribution in [0.3, 0.4) is 0 Å². The van der Waals surface area contributed by atoms with E-state index >= 15 is 0 Å². The largest absolute Gasteiger partial charge is 0.372 e. The van der Waals surface area contributed by atoms with Gasteiger partial charge in [0, 0.05) is 39.9 Å². The highest BCUT2D eigenvalue weighted by Gasteiger charge is 2.18. The van der Waals surface area contributed by atoms with Crippen LogP contribution < -0.4 is 10.2 Å². The van der Waals surface area contributed by atoms with Crippen molar-refractivity contribution in [1.82, 2.24) is 9.97 Å². The molecule has 2 aromatic carbocycles. The Morgan fingerprint density at radius 1 is 1.00 bits per heavy atom. The van der Waals surface area contributed by atoms with Crippen LogP contribution in [-0.4, -0.2) is 23.1 Å². The second-order valence-electron chi connectivity index (χ2n) is 8.28. The summed E-state index contributed by atoms with van der Waals surface area (Å²) in [6, 6.07) is 16.7. The van der Waals surface area contributed by atoms with Crippen molar-refractivity contribution < 1.29 is 0 Å². The molecular weight excluding hydrogens is 424 g/mol. The Kier molecular flexibility index (Phi) is 5.55. The van der Waals surface area contributed by atoms with Gasteiger partial charge in [-0.05, 0) is 67.6 Å². The van der Waals surface area contributed by atoms with Crippen LogP contribution in [0.15, 0.2) is 54.9 Å². The number of anilines is 3. The molecule has 1 saturated heterocycles. The minimum Gasteiger partial charge on any atom is -0.372 e. The minimum atomic E-state index is 0.735. The van der Waals surface area contributed by atoms with Crippen molar-refractivity contribution in [3.8, 4) is 11.1 Å². The average molecular weight is 449 g/mol. The van der Waals surface area contributed by atoms with Crippen LogP contribution in [-0.2, 0) is 0 Å². The summed E-state index contributed by atoms with van der Waals surface area (Å²) < 4.78 is 0. The number of benzene rings is 2. The molecule has 0 radical (unpaired) electrons. The Morgan fingerprint density at radius 2 is 1.71 bits per heavy atom. The van der Waals surface area contributed by atoms with Gasteiger partial charge >= 0.3 is 0 Å². The van der Waals surface area contributed by atoms with Gasteiger partial charge in [-0.15, -0.1) is 11.3 Å². The monoisotopic (exact) mass is 448 g/mol. The van der Waals surface area contributed by atoms with Crippen LogP contribution in [0.1, 0.15) is 24.6 Å². The number of rotatable bonds is 4. The molecule has 0 unspecified atom stereocenters. The van der Waals surface area contributed by atoms with E-state index < -0.39 is 0 Å². The van der Waals surface area contributed by atoms with E-state index in [1.165, 1.54) is 29.0 Å². The van der Waals surface area contributed by atoms with E-state index in [-0.39, 0.29) is 0 Å². The molecular formula is C25H25ClN4S. The maximum Gasteiger partial charge on any atom is 0.143 e. The van der Waals surface area contributed by atoms with Crippen molar-refractivity contribution in [2.24, 2.45) is 5.92 Å². The molecule has 0 atom stereocenters. The second-order valence-corrected chi connectivity index (χ2v) is 9.92. The minimum absolute atomic E-state index is 0.735. The number of fused-ring (bicyclic) bond motifs is 1. The summed E-state index contributed by atoms with van der Waals surface area (Å²) in [6.45, 7) is 6.75. The fourth-order valence-corrected chi connectivity index (χ4v) is 5.40. The molecule has 1 aliphatic heterocycles.